The number of amides is 1. The lowest BCUT2D eigenvalue weighted by Crippen LogP contribution is -2.32. The van der Waals surface area contributed by atoms with Crippen molar-refractivity contribution in [3.8, 4) is 0 Å². The predicted octanol–water partition coefficient (Wildman–Crippen LogP) is 3.61. The quantitative estimate of drug-likeness (QED) is 0.854. The largest absolute Gasteiger partial charge is 0.342 e. The zero-order valence-electron chi connectivity index (χ0n) is 12.7. The summed E-state index contributed by atoms with van der Waals surface area (Å²) in [5.74, 6) is -1.90. The van der Waals surface area contributed by atoms with Crippen LogP contribution in [0.3, 0.4) is 0 Å². The van der Waals surface area contributed by atoms with Gasteiger partial charge in [-0.05, 0) is 36.8 Å². The summed E-state index contributed by atoms with van der Waals surface area (Å²) in [5.41, 5.74) is 1.18. The van der Waals surface area contributed by atoms with Crippen molar-refractivity contribution in [3.63, 3.8) is 0 Å². The van der Waals surface area contributed by atoms with Gasteiger partial charge < -0.3 is 4.90 Å². The van der Waals surface area contributed by atoms with Crippen LogP contribution in [0.1, 0.15) is 50.0 Å². The third-order valence-corrected chi connectivity index (χ3v) is 5.00. The summed E-state index contributed by atoms with van der Waals surface area (Å²) in [4.78, 5) is 18.4. The van der Waals surface area contributed by atoms with E-state index in [9.17, 15) is 13.6 Å². The van der Waals surface area contributed by atoms with Gasteiger partial charge in [0.15, 0.2) is 0 Å². The maximum Gasteiger partial charge on any atom is 0.248 e. The molecule has 1 aliphatic heterocycles. The number of carbonyl (C=O) groups is 1. The van der Waals surface area contributed by atoms with Crippen molar-refractivity contribution in [1.82, 2.24) is 9.88 Å². The summed E-state index contributed by atoms with van der Waals surface area (Å²) in [6.07, 6.45) is 5.81. The van der Waals surface area contributed by atoms with E-state index in [0.717, 1.165) is 19.5 Å². The molecule has 1 aromatic rings. The highest BCUT2D eigenvalue weighted by atomic mass is 19.3. The van der Waals surface area contributed by atoms with Crippen molar-refractivity contribution in [2.24, 2.45) is 5.92 Å². The van der Waals surface area contributed by atoms with Crippen molar-refractivity contribution in [3.05, 3.63) is 30.1 Å². The molecule has 1 saturated heterocycles. The summed E-state index contributed by atoms with van der Waals surface area (Å²) < 4.78 is 26.3. The van der Waals surface area contributed by atoms with E-state index in [4.69, 9.17) is 0 Å². The van der Waals surface area contributed by atoms with Crippen molar-refractivity contribution >= 4 is 5.91 Å². The molecule has 120 valence electrons. The van der Waals surface area contributed by atoms with Gasteiger partial charge in [-0.25, -0.2) is 8.78 Å². The molecule has 1 atom stereocenters. The third-order valence-electron chi connectivity index (χ3n) is 5.00. The Hall–Kier alpha value is -1.52. The van der Waals surface area contributed by atoms with Crippen LogP contribution in [0, 0.1) is 5.92 Å². The van der Waals surface area contributed by atoms with Crippen LogP contribution in [-0.2, 0) is 4.79 Å². The average Bonchev–Trinajstić information content (AvgIpc) is 3.00. The fraction of sp³-hybridized carbons (Fsp3) is 0.647. The number of hydrogen-bond donors (Lipinski definition) is 0. The Morgan fingerprint density at radius 2 is 2.09 bits per heavy atom. The Morgan fingerprint density at radius 1 is 1.32 bits per heavy atom. The zero-order chi connectivity index (χ0) is 15.6. The Balaban J connectivity index is 1.50. The second-order valence-electron chi connectivity index (χ2n) is 6.62. The lowest BCUT2D eigenvalue weighted by atomic mass is 9.84. The molecule has 0 bridgehead atoms. The minimum absolute atomic E-state index is 0.0662. The smallest absolute Gasteiger partial charge is 0.248 e. The fourth-order valence-corrected chi connectivity index (χ4v) is 3.56. The SMILES string of the molecule is O=C(CC1CCC(F)(F)CC1)N1CCC(c2cccnc2)C1. The number of nitrogens with zero attached hydrogens (tertiary/aromatic N) is 2. The molecule has 1 aromatic heterocycles. The van der Waals surface area contributed by atoms with Crippen molar-refractivity contribution in [2.75, 3.05) is 13.1 Å². The monoisotopic (exact) mass is 308 g/mol. The van der Waals surface area contributed by atoms with Gasteiger partial charge in [0, 0.05) is 50.7 Å². The highest BCUT2D eigenvalue weighted by Crippen LogP contribution is 2.38. The Kier molecular flexibility index (Phi) is 4.41. The molecule has 3 rings (SSSR count). The van der Waals surface area contributed by atoms with Crippen LogP contribution in [0.4, 0.5) is 8.78 Å². The third kappa shape index (κ3) is 3.62. The number of pyridine rings is 1. The summed E-state index contributed by atoms with van der Waals surface area (Å²) in [6.45, 7) is 1.49. The highest BCUT2D eigenvalue weighted by molar-refractivity contribution is 5.76. The van der Waals surface area contributed by atoms with Crippen LogP contribution in [0.2, 0.25) is 0 Å². The Morgan fingerprint density at radius 3 is 2.77 bits per heavy atom. The number of likely N-dealkylation sites (tertiary alicyclic amines) is 1. The van der Waals surface area contributed by atoms with Crippen molar-refractivity contribution in [2.45, 2.75) is 50.4 Å². The average molecular weight is 308 g/mol. The first kappa shape index (κ1) is 15.4. The van der Waals surface area contributed by atoms with E-state index >= 15 is 0 Å². The molecule has 2 aliphatic rings. The van der Waals surface area contributed by atoms with Gasteiger partial charge in [0.1, 0.15) is 0 Å². The van der Waals surface area contributed by atoms with E-state index in [2.05, 4.69) is 11.1 Å². The van der Waals surface area contributed by atoms with E-state index in [0.29, 0.717) is 25.2 Å². The van der Waals surface area contributed by atoms with Crippen LogP contribution in [0.25, 0.3) is 0 Å². The van der Waals surface area contributed by atoms with Crippen LogP contribution in [-0.4, -0.2) is 34.8 Å². The Labute approximate surface area is 129 Å². The first-order valence-corrected chi connectivity index (χ1v) is 8.09. The maximum absolute atomic E-state index is 13.2. The van der Waals surface area contributed by atoms with E-state index < -0.39 is 5.92 Å². The normalized spacial score (nSPS) is 25.4. The molecule has 0 aromatic carbocycles. The molecule has 0 radical (unpaired) electrons. The molecule has 2 heterocycles. The second kappa shape index (κ2) is 6.31. The number of carbonyl (C=O) groups excluding carboxylic acids is 1. The summed E-state index contributed by atoms with van der Waals surface area (Å²) in [5, 5.41) is 0. The van der Waals surface area contributed by atoms with E-state index in [1.54, 1.807) is 6.20 Å². The van der Waals surface area contributed by atoms with Crippen LogP contribution >= 0.6 is 0 Å². The first-order chi connectivity index (χ1) is 10.5. The molecule has 22 heavy (non-hydrogen) atoms. The second-order valence-corrected chi connectivity index (χ2v) is 6.62. The van der Waals surface area contributed by atoms with Gasteiger partial charge in [-0.1, -0.05) is 6.07 Å². The lowest BCUT2D eigenvalue weighted by molar-refractivity contribution is -0.132. The topological polar surface area (TPSA) is 33.2 Å². The van der Waals surface area contributed by atoms with Crippen LogP contribution < -0.4 is 0 Å². The maximum atomic E-state index is 13.2. The van der Waals surface area contributed by atoms with E-state index in [1.165, 1.54) is 5.56 Å². The van der Waals surface area contributed by atoms with Gasteiger partial charge >= 0.3 is 0 Å². The highest BCUT2D eigenvalue weighted by Gasteiger charge is 2.36. The molecular weight excluding hydrogens is 286 g/mol. The number of aromatic nitrogens is 1. The standard InChI is InChI=1S/C17H22F2N2O/c18-17(19)6-3-13(4-7-17)10-16(22)21-9-5-15(12-21)14-2-1-8-20-11-14/h1-2,8,11,13,15H,3-7,9-10,12H2. The molecule has 1 amide bonds. The Bertz CT molecular complexity index is 511. The molecule has 1 aliphatic carbocycles. The van der Waals surface area contributed by atoms with Gasteiger partial charge in [0.05, 0.1) is 0 Å². The first-order valence-electron chi connectivity index (χ1n) is 8.09. The molecule has 1 unspecified atom stereocenters. The minimum atomic E-state index is -2.52. The zero-order valence-corrected chi connectivity index (χ0v) is 12.7. The number of halogens is 2. The molecule has 0 N–H and O–H groups in total. The summed E-state index contributed by atoms with van der Waals surface area (Å²) in [6, 6.07) is 3.97. The van der Waals surface area contributed by atoms with Gasteiger partial charge in [-0.15, -0.1) is 0 Å². The molecule has 0 spiro atoms. The van der Waals surface area contributed by atoms with Crippen LogP contribution in [0.15, 0.2) is 24.5 Å². The lowest BCUT2D eigenvalue weighted by Gasteiger charge is -2.29. The van der Waals surface area contributed by atoms with E-state index in [1.807, 2.05) is 17.2 Å². The van der Waals surface area contributed by atoms with E-state index in [-0.39, 0.29) is 24.7 Å². The number of rotatable bonds is 3. The molecule has 2 fully saturated rings. The fourth-order valence-electron chi connectivity index (χ4n) is 3.56. The minimum Gasteiger partial charge on any atom is -0.342 e. The van der Waals surface area contributed by atoms with Crippen molar-refractivity contribution in [1.29, 1.82) is 0 Å². The van der Waals surface area contributed by atoms with Gasteiger partial charge in [0.2, 0.25) is 11.8 Å². The summed E-state index contributed by atoms with van der Waals surface area (Å²) in [7, 11) is 0. The molecular formula is C17H22F2N2O. The predicted molar refractivity (Wildman–Crippen MR) is 79.7 cm³/mol. The summed E-state index contributed by atoms with van der Waals surface area (Å²) >= 11 is 0. The van der Waals surface area contributed by atoms with Gasteiger partial charge in [-0.2, -0.15) is 0 Å². The molecule has 3 nitrogen and oxygen atoms in total. The number of hydrogen-bond acceptors (Lipinski definition) is 2. The van der Waals surface area contributed by atoms with Gasteiger partial charge in [-0.3, -0.25) is 9.78 Å². The van der Waals surface area contributed by atoms with Gasteiger partial charge in [0.25, 0.3) is 0 Å². The van der Waals surface area contributed by atoms with Crippen LogP contribution in [0.5, 0.6) is 0 Å². The molecule has 1 saturated carbocycles. The molecule has 5 heteroatoms. The number of alkyl halides is 2. The van der Waals surface area contributed by atoms with Crippen molar-refractivity contribution < 1.29 is 13.6 Å².